The molecule has 0 unspecified atom stereocenters. The molecule has 0 bridgehead atoms. The standard InChI is InChI=1S/C64H40N6/c1-2-19-42(20-3-1)67-52-29-11-10-27-50(52)51-39-41(37-38-59(51)67)43-28-18-36-60(68-53-30-12-4-21-44(53)45-22-5-13-31-54(45)68)63(43)64-65-61(69-55-32-14-6-23-46(55)47-24-7-15-33-56(47)69)40-62(66-64)70-57-34-16-8-25-48(57)49-26-9-17-35-58(49)70/h1-40H/i6D,8D,14D,16D,23D,25D,32D,34D. The fraction of sp³-hybridized carbons (Fsp3) is 0. The van der Waals surface area contributed by atoms with Gasteiger partial charge in [0.05, 0.1) is 66.4 Å². The number of para-hydroxylation sites is 8. The number of hydrogen-bond donors (Lipinski definition) is 0. The highest BCUT2D eigenvalue weighted by Gasteiger charge is 2.25. The van der Waals surface area contributed by atoms with E-state index in [2.05, 4.69) is 100 Å². The highest BCUT2D eigenvalue weighted by Crippen LogP contribution is 2.44. The topological polar surface area (TPSA) is 45.5 Å². The van der Waals surface area contributed by atoms with Crippen molar-refractivity contribution in [3.63, 3.8) is 0 Å². The third-order valence-corrected chi connectivity index (χ3v) is 13.9. The van der Waals surface area contributed by atoms with Crippen LogP contribution >= 0.6 is 0 Å². The Morgan fingerprint density at radius 3 is 1.31 bits per heavy atom. The van der Waals surface area contributed by atoms with E-state index >= 15 is 0 Å². The van der Waals surface area contributed by atoms with Crippen LogP contribution in [0.2, 0.25) is 0 Å². The molecule has 0 aliphatic heterocycles. The van der Waals surface area contributed by atoms with Gasteiger partial charge in [0, 0.05) is 54.8 Å². The Balaban J connectivity index is 1.13. The summed E-state index contributed by atoms with van der Waals surface area (Å²) in [6.45, 7) is 0. The van der Waals surface area contributed by atoms with Gasteiger partial charge in [0.2, 0.25) is 0 Å². The largest absolute Gasteiger partial charge is 0.309 e. The predicted molar refractivity (Wildman–Crippen MR) is 290 cm³/mol. The van der Waals surface area contributed by atoms with Gasteiger partial charge in [0.15, 0.2) is 5.82 Å². The molecule has 5 aromatic heterocycles. The Hall–Kier alpha value is -9.52. The quantitative estimate of drug-likeness (QED) is 0.167. The van der Waals surface area contributed by atoms with Crippen molar-refractivity contribution in [2.75, 3.05) is 0 Å². The average Bonchev–Trinajstić information content (AvgIpc) is 4.43. The molecule has 0 aliphatic rings. The van der Waals surface area contributed by atoms with Crippen molar-refractivity contribution >= 4 is 87.2 Å². The Morgan fingerprint density at radius 1 is 0.314 bits per heavy atom. The van der Waals surface area contributed by atoms with E-state index in [9.17, 15) is 5.48 Å². The van der Waals surface area contributed by atoms with E-state index in [1.54, 1.807) is 15.2 Å². The Labute approximate surface area is 413 Å². The lowest BCUT2D eigenvalue weighted by Crippen LogP contribution is -2.08. The van der Waals surface area contributed by atoms with E-state index in [-0.39, 0.29) is 64.7 Å². The Morgan fingerprint density at radius 2 is 0.757 bits per heavy atom. The smallest absolute Gasteiger partial charge is 0.166 e. The summed E-state index contributed by atoms with van der Waals surface area (Å²) in [6.07, 6.45) is 0. The Bertz CT molecular complexity index is 4880. The minimum atomic E-state index is -0.396. The van der Waals surface area contributed by atoms with E-state index in [1.165, 1.54) is 0 Å². The third-order valence-electron chi connectivity index (χ3n) is 13.9. The minimum Gasteiger partial charge on any atom is -0.309 e. The molecule has 5 heterocycles. The molecule has 0 fully saturated rings. The third kappa shape index (κ3) is 5.56. The van der Waals surface area contributed by atoms with Gasteiger partial charge < -0.3 is 9.13 Å². The minimum absolute atomic E-state index is 0.183. The SMILES string of the molecule is [2H]c1c([2H])c([2H])c2c(c1[2H])c1ccccc1n2-c1cc(-n2c3ccccc3c3c([2H])c([2H])c([2H])c([2H])c32)nc(-c2c(-c3ccc4c(c3)c3ccccc3n4-c3ccccc3)cccc2-n2c3ccccc3c3ccccc32)n1. The highest BCUT2D eigenvalue weighted by atomic mass is 15.2. The zero-order valence-corrected chi connectivity index (χ0v) is 37.2. The van der Waals surface area contributed by atoms with Gasteiger partial charge in [-0.25, -0.2) is 9.97 Å². The monoisotopic (exact) mass is 900 g/mol. The molecular weight excluding hydrogens is 853 g/mol. The molecule has 0 aliphatic carbocycles. The van der Waals surface area contributed by atoms with Crippen LogP contribution in [0.3, 0.4) is 0 Å². The zero-order valence-electron chi connectivity index (χ0n) is 45.2. The second-order valence-electron chi connectivity index (χ2n) is 17.5. The first-order valence-electron chi connectivity index (χ1n) is 27.2. The second-order valence-corrected chi connectivity index (χ2v) is 17.5. The molecule has 0 amide bonds. The Kier molecular flexibility index (Phi) is 6.74. The second kappa shape index (κ2) is 15.0. The van der Waals surface area contributed by atoms with Crippen LogP contribution in [-0.4, -0.2) is 28.2 Å². The molecule has 15 rings (SSSR count). The summed E-state index contributed by atoms with van der Waals surface area (Å²) < 4.78 is 81.3. The van der Waals surface area contributed by atoms with E-state index in [0.717, 1.165) is 66.1 Å². The first kappa shape index (κ1) is 31.5. The fourth-order valence-electron chi connectivity index (χ4n) is 11.0. The van der Waals surface area contributed by atoms with Gasteiger partial charge in [-0.05, 0) is 83.9 Å². The molecule has 0 N–H and O–H groups in total. The van der Waals surface area contributed by atoms with Crippen LogP contribution in [0.25, 0.3) is 133 Å². The first-order valence-corrected chi connectivity index (χ1v) is 23.2. The molecule has 10 aromatic carbocycles. The van der Waals surface area contributed by atoms with Crippen molar-refractivity contribution in [2.45, 2.75) is 0 Å². The summed E-state index contributed by atoms with van der Waals surface area (Å²) in [7, 11) is 0. The van der Waals surface area contributed by atoms with Gasteiger partial charge in [-0.3, -0.25) is 9.13 Å². The van der Waals surface area contributed by atoms with Gasteiger partial charge in [0.1, 0.15) is 11.6 Å². The van der Waals surface area contributed by atoms with Crippen LogP contribution in [-0.2, 0) is 0 Å². The van der Waals surface area contributed by atoms with Gasteiger partial charge >= 0.3 is 0 Å². The molecule has 70 heavy (non-hydrogen) atoms. The molecule has 0 spiro atoms. The average molecular weight is 901 g/mol. The fourth-order valence-corrected chi connectivity index (χ4v) is 11.0. The molecule has 6 heteroatoms. The molecular formula is C64H40N6. The van der Waals surface area contributed by atoms with E-state index in [0.29, 0.717) is 38.1 Å². The van der Waals surface area contributed by atoms with Gasteiger partial charge in [-0.15, -0.1) is 0 Å². The van der Waals surface area contributed by atoms with Crippen molar-refractivity contribution in [1.29, 1.82) is 0 Å². The summed E-state index contributed by atoms with van der Waals surface area (Å²) in [4.78, 5) is 11.2. The van der Waals surface area contributed by atoms with E-state index in [4.69, 9.17) is 15.5 Å². The number of aromatic nitrogens is 6. The van der Waals surface area contributed by atoms with Gasteiger partial charge in [0.25, 0.3) is 0 Å². The lowest BCUT2D eigenvalue weighted by atomic mass is 9.95. The van der Waals surface area contributed by atoms with Crippen molar-refractivity contribution in [3.8, 4) is 45.5 Å². The van der Waals surface area contributed by atoms with Crippen LogP contribution in [0, 0.1) is 0 Å². The first-order chi connectivity index (χ1) is 38.1. The number of fused-ring (bicyclic) bond motifs is 12. The number of hydrogen-bond acceptors (Lipinski definition) is 2. The highest BCUT2D eigenvalue weighted by molar-refractivity contribution is 6.14. The van der Waals surface area contributed by atoms with Crippen LogP contribution in [0.5, 0.6) is 0 Å². The van der Waals surface area contributed by atoms with Crippen molar-refractivity contribution < 1.29 is 11.0 Å². The number of rotatable bonds is 6. The van der Waals surface area contributed by atoms with Crippen molar-refractivity contribution in [1.82, 2.24) is 28.2 Å². The molecule has 326 valence electrons. The molecule has 6 nitrogen and oxygen atoms in total. The maximum absolute atomic E-state index is 9.53. The summed E-state index contributed by atoms with van der Waals surface area (Å²) in [6, 6.07) is 62.3. The molecule has 0 radical (unpaired) electrons. The predicted octanol–water partition coefficient (Wildman–Crippen LogP) is 16.2. The lowest BCUT2D eigenvalue weighted by molar-refractivity contribution is 0.991. The van der Waals surface area contributed by atoms with Gasteiger partial charge in [-0.2, -0.15) is 0 Å². The maximum atomic E-state index is 9.53. The molecule has 0 saturated heterocycles. The van der Waals surface area contributed by atoms with Crippen LogP contribution in [0.1, 0.15) is 11.0 Å². The molecule has 0 atom stereocenters. The number of nitrogens with zero attached hydrogens (tertiary/aromatic N) is 6. The van der Waals surface area contributed by atoms with Crippen molar-refractivity contribution in [3.05, 3.63) is 242 Å². The van der Waals surface area contributed by atoms with E-state index in [1.807, 2.05) is 97.1 Å². The summed E-state index contributed by atoms with van der Waals surface area (Å²) in [5.41, 5.74) is 9.69. The summed E-state index contributed by atoms with van der Waals surface area (Å²) >= 11 is 0. The lowest BCUT2D eigenvalue weighted by Gasteiger charge is -2.19. The summed E-state index contributed by atoms with van der Waals surface area (Å²) in [5, 5.41) is 6.07. The van der Waals surface area contributed by atoms with E-state index < -0.39 is 12.1 Å². The maximum Gasteiger partial charge on any atom is 0.166 e. The van der Waals surface area contributed by atoms with Crippen LogP contribution < -0.4 is 0 Å². The molecule has 0 saturated carbocycles. The molecule has 15 aromatic rings. The van der Waals surface area contributed by atoms with Gasteiger partial charge in [-0.1, -0.05) is 164 Å². The number of benzene rings is 10. The zero-order chi connectivity index (χ0) is 52.8. The normalized spacial score (nSPS) is 13.6. The van der Waals surface area contributed by atoms with Crippen LogP contribution in [0.15, 0.2) is 242 Å². The van der Waals surface area contributed by atoms with Crippen LogP contribution in [0.4, 0.5) is 0 Å². The summed E-state index contributed by atoms with van der Waals surface area (Å²) in [5.74, 6) is 0.782. The van der Waals surface area contributed by atoms with Crippen molar-refractivity contribution in [2.24, 2.45) is 0 Å².